The van der Waals surface area contributed by atoms with Gasteiger partial charge >= 0.3 is 0 Å². The van der Waals surface area contributed by atoms with Crippen molar-refractivity contribution < 1.29 is 8.42 Å². The second-order valence-electron chi connectivity index (χ2n) is 4.88. The summed E-state index contributed by atoms with van der Waals surface area (Å²) in [6, 6.07) is 5.20. The van der Waals surface area contributed by atoms with Crippen LogP contribution in [-0.2, 0) is 10.2 Å². The normalized spacial score (nSPS) is 11.1. The molecule has 20 heavy (non-hydrogen) atoms. The maximum Gasteiger partial charge on any atom is 0.299 e. The molecule has 6 heteroatoms. The van der Waals surface area contributed by atoms with Gasteiger partial charge in [-0.2, -0.15) is 13.1 Å². The Bertz CT molecular complexity index is 613. The van der Waals surface area contributed by atoms with Gasteiger partial charge in [-0.05, 0) is 36.6 Å². The Morgan fingerprint density at radius 2 is 2.05 bits per heavy atom. The number of nitrogens with two attached hydrogens (primary N) is 1. The molecule has 0 saturated carbocycles. The minimum Gasteiger partial charge on any atom is -0.320 e. The van der Waals surface area contributed by atoms with Crippen LogP contribution in [0.5, 0.6) is 0 Å². The molecule has 0 aliphatic heterocycles. The largest absolute Gasteiger partial charge is 0.320 e. The number of benzene rings is 1. The van der Waals surface area contributed by atoms with E-state index >= 15 is 0 Å². The molecule has 0 spiro atoms. The first-order valence-corrected chi connectivity index (χ1v) is 7.89. The minimum atomic E-state index is -3.53. The van der Waals surface area contributed by atoms with Gasteiger partial charge in [0.25, 0.3) is 10.2 Å². The highest BCUT2D eigenvalue weighted by molar-refractivity contribution is 7.90. The van der Waals surface area contributed by atoms with Crippen molar-refractivity contribution in [3.8, 4) is 11.8 Å². The van der Waals surface area contributed by atoms with E-state index < -0.39 is 10.2 Å². The van der Waals surface area contributed by atoms with Gasteiger partial charge in [0.1, 0.15) is 0 Å². The molecule has 1 rings (SSSR count). The van der Waals surface area contributed by atoms with Crippen molar-refractivity contribution in [3.05, 3.63) is 29.3 Å². The highest BCUT2D eigenvalue weighted by Crippen LogP contribution is 2.15. The number of anilines is 1. The Morgan fingerprint density at radius 1 is 1.35 bits per heavy atom. The van der Waals surface area contributed by atoms with Gasteiger partial charge in [-0.3, -0.25) is 4.72 Å². The first-order chi connectivity index (χ1) is 9.34. The van der Waals surface area contributed by atoms with E-state index in [2.05, 4.69) is 21.3 Å². The molecule has 4 N–H and O–H groups in total. The van der Waals surface area contributed by atoms with Crippen molar-refractivity contribution in [1.29, 1.82) is 0 Å². The van der Waals surface area contributed by atoms with E-state index in [4.69, 9.17) is 5.73 Å². The van der Waals surface area contributed by atoms with Crippen LogP contribution in [-0.4, -0.2) is 21.5 Å². The Labute approximate surface area is 121 Å². The van der Waals surface area contributed by atoms with Crippen molar-refractivity contribution in [1.82, 2.24) is 4.72 Å². The number of nitrogens with one attached hydrogen (secondary N) is 2. The lowest BCUT2D eigenvalue weighted by atomic mass is 10.1. The van der Waals surface area contributed by atoms with Crippen LogP contribution in [0.2, 0.25) is 0 Å². The molecule has 1 aromatic rings. The topological polar surface area (TPSA) is 84.2 Å². The molecular formula is C14H21N3O2S. The Kier molecular flexibility index (Phi) is 6.02. The second-order valence-corrected chi connectivity index (χ2v) is 6.38. The molecule has 0 aliphatic carbocycles. The monoisotopic (exact) mass is 295 g/mol. The van der Waals surface area contributed by atoms with E-state index in [-0.39, 0.29) is 5.92 Å². The number of rotatable bonds is 5. The third kappa shape index (κ3) is 5.61. The highest BCUT2D eigenvalue weighted by atomic mass is 32.2. The van der Waals surface area contributed by atoms with Gasteiger partial charge in [0.2, 0.25) is 0 Å². The Morgan fingerprint density at radius 3 is 2.60 bits per heavy atom. The van der Waals surface area contributed by atoms with E-state index in [9.17, 15) is 8.42 Å². The molecule has 5 nitrogen and oxygen atoms in total. The molecule has 110 valence electrons. The van der Waals surface area contributed by atoms with Gasteiger partial charge in [-0.25, -0.2) is 0 Å². The molecule has 0 radical (unpaired) electrons. The number of aryl methyl sites for hydroxylation is 1. The van der Waals surface area contributed by atoms with Gasteiger partial charge in [-0.15, -0.1) is 0 Å². The molecule has 0 saturated heterocycles. The predicted octanol–water partition coefficient (Wildman–Crippen LogP) is 1.21. The summed E-state index contributed by atoms with van der Waals surface area (Å²) in [5.74, 6) is 5.96. The molecule has 0 heterocycles. The molecule has 1 aromatic carbocycles. The zero-order chi connectivity index (χ0) is 15.2. The summed E-state index contributed by atoms with van der Waals surface area (Å²) in [7, 11) is -3.53. The second kappa shape index (κ2) is 7.29. The standard InChI is InChI=1S/C14H21N3O2S/c1-11(2)10-16-20(18,19)17-14-7-6-13(5-4-8-15)12(3)9-14/h6-7,9,11,16-17H,8,10,15H2,1-3H3. The van der Waals surface area contributed by atoms with Gasteiger partial charge in [0, 0.05) is 12.1 Å². The van der Waals surface area contributed by atoms with Crippen LogP contribution in [0.1, 0.15) is 25.0 Å². The third-order valence-electron chi connectivity index (χ3n) is 2.49. The smallest absolute Gasteiger partial charge is 0.299 e. The van der Waals surface area contributed by atoms with Crippen molar-refractivity contribution in [3.63, 3.8) is 0 Å². The van der Waals surface area contributed by atoms with E-state index in [0.29, 0.717) is 18.8 Å². The predicted molar refractivity (Wildman–Crippen MR) is 82.5 cm³/mol. The zero-order valence-corrected chi connectivity index (χ0v) is 12.8. The third-order valence-corrected chi connectivity index (χ3v) is 3.54. The summed E-state index contributed by atoms with van der Waals surface area (Å²) < 4.78 is 28.6. The maximum atomic E-state index is 11.8. The highest BCUT2D eigenvalue weighted by Gasteiger charge is 2.10. The fourth-order valence-electron chi connectivity index (χ4n) is 1.48. The average Bonchev–Trinajstić information content (AvgIpc) is 2.35. The van der Waals surface area contributed by atoms with Crippen molar-refractivity contribution in [2.24, 2.45) is 11.7 Å². The summed E-state index contributed by atoms with van der Waals surface area (Å²) in [5, 5.41) is 0. The van der Waals surface area contributed by atoms with Crippen LogP contribution >= 0.6 is 0 Å². The lowest BCUT2D eigenvalue weighted by Gasteiger charge is -2.11. The van der Waals surface area contributed by atoms with Crippen LogP contribution in [0.15, 0.2) is 18.2 Å². The summed E-state index contributed by atoms with van der Waals surface area (Å²) >= 11 is 0. The minimum absolute atomic E-state index is 0.252. The molecular weight excluding hydrogens is 274 g/mol. The average molecular weight is 295 g/mol. The molecule has 0 amide bonds. The molecule has 0 aromatic heterocycles. The van der Waals surface area contributed by atoms with Crippen molar-refractivity contribution in [2.75, 3.05) is 17.8 Å². The molecule has 0 atom stereocenters. The van der Waals surface area contributed by atoms with Crippen molar-refractivity contribution in [2.45, 2.75) is 20.8 Å². The van der Waals surface area contributed by atoms with Crippen LogP contribution in [0.4, 0.5) is 5.69 Å². The fraction of sp³-hybridized carbons (Fsp3) is 0.429. The van der Waals surface area contributed by atoms with Gasteiger partial charge in [-0.1, -0.05) is 25.7 Å². The summed E-state index contributed by atoms with van der Waals surface area (Å²) in [4.78, 5) is 0. The van der Waals surface area contributed by atoms with E-state index in [1.807, 2.05) is 20.8 Å². The quantitative estimate of drug-likeness (QED) is 0.714. The van der Waals surface area contributed by atoms with Crippen LogP contribution in [0, 0.1) is 24.7 Å². The SMILES string of the molecule is Cc1cc(NS(=O)(=O)NCC(C)C)ccc1C#CCN. The molecule has 0 bridgehead atoms. The van der Waals surface area contributed by atoms with Crippen molar-refractivity contribution >= 4 is 15.9 Å². The zero-order valence-electron chi connectivity index (χ0n) is 12.0. The first kappa shape index (κ1) is 16.5. The van der Waals surface area contributed by atoms with Crippen LogP contribution < -0.4 is 15.2 Å². The van der Waals surface area contributed by atoms with E-state index in [1.54, 1.807) is 18.2 Å². The first-order valence-electron chi connectivity index (χ1n) is 6.41. The molecule has 0 aliphatic rings. The van der Waals surface area contributed by atoms with Crippen LogP contribution in [0.3, 0.4) is 0 Å². The lowest BCUT2D eigenvalue weighted by molar-refractivity contribution is 0.565. The Balaban J connectivity index is 2.81. The fourth-order valence-corrected chi connectivity index (χ4v) is 2.54. The Hall–Kier alpha value is -1.55. The van der Waals surface area contributed by atoms with E-state index in [0.717, 1.165) is 11.1 Å². The summed E-state index contributed by atoms with van der Waals surface area (Å²) in [5.41, 5.74) is 7.57. The van der Waals surface area contributed by atoms with Gasteiger partial charge in [0.15, 0.2) is 0 Å². The molecule has 0 unspecified atom stereocenters. The van der Waals surface area contributed by atoms with E-state index in [1.165, 1.54) is 0 Å². The summed E-state index contributed by atoms with van der Waals surface area (Å²) in [6.07, 6.45) is 0. The van der Waals surface area contributed by atoms with Gasteiger partial charge < -0.3 is 5.73 Å². The number of hydrogen-bond acceptors (Lipinski definition) is 3. The molecule has 0 fully saturated rings. The van der Waals surface area contributed by atoms with Crippen LogP contribution in [0.25, 0.3) is 0 Å². The number of hydrogen-bond donors (Lipinski definition) is 3. The lowest BCUT2D eigenvalue weighted by Crippen LogP contribution is -2.32. The summed E-state index contributed by atoms with van der Waals surface area (Å²) in [6.45, 7) is 6.45. The maximum absolute atomic E-state index is 11.8. The van der Waals surface area contributed by atoms with Gasteiger partial charge in [0.05, 0.1) is 12.2 Å².